The molecular weight excluding hydrogens is 392 g/mol. The van der Waals surface area contributed by atoms with Crippen molar-refractivity contribution in [2.75, 3.05) is 0 Å². The number of aromatic nitrogens is 2. The summed E-state index contributed by atoms with van der Waals surface area (Å²) in [5.41, 5.74) is 2.51. The summed E-state index contributed by atoms with van der Waals surface area (Å²) in [4.78, 5) is 0.0177. The second kappa shape index (κ2) is 6.20. The highest BCUT2D eigenvalue weighted by Gasteiger charge is 2.15. The second-order valence-electron chi connectivity index (χ2n) is 4.98. The molecule has 0 spiro atoms. The molecule has 0 bridgehead atoms. The van der Waals surface area contributed by atoms with Gasteiger partial charge in [-0.15, -0.1) is 0 Å². The van der Waals surface area contributed by atoms with Crippen molar-refractivity contribution in [2.45, 2.75) is 4.90 Å². The van der Waals surface area contributed by atoms with Crippen molar-refractivity contribution in [3.63, 3.8) is 0 Å². The summed E-state index contributed by atoms with van der Waals surface area (Å²) in [5.74, 6) is 0. The van der Waals surface area contributed by atoms with Crippen LogP contribution in [-0.2, 0) is 10.0 Å². The molecular formula is C16H11BrN4O2S. The molecule has 1 aromatic heterocycles. The van der Waals surface area contributed by atoms with Crippen molar-refractivity contribution in [1.29, 1.82) is 5.26 Å². The minimum atomic E-state index is -3.76. The lowest BCUT2D eigenvalue weighted by Crippen LogP contribution is -2.12. The predicted molar refractivity (Wildman–Crippen MR) is 92.8 cm³/mol. The van der Waals surface area contributed by atoms with Gasteiger partial charge in [0, 0.05) is 10.0 Å². The number of nitrogens with zero attached hydrogens (tertiary/aromatic N) is 3. The molecule has 3 aromatic rings. The van der Waals surface area contributed by atoms with Gasteiger partial charge in [-0.1, -0.05) is 28.1 Å². The van der Waals surface area contributed by atoms with Gasteiger partial charge >= 0.3 is 0 Å². The molecule has 2 N–H and O–H groups in total. The Hall–Kier alpha value is -2.47. The first kappa shape index (κ1) is 16.4. The van der Waals surface area contributed by atoms with Gasteiger partial charge in [0.2, 0.25) is 10.0 Å². The van der Waals surface area contributed by atoms with E-state index < -0.39 is 10.0 Å². The van der Waals surface area contributed by atoms with E-state index in [-0.39, 0.29) is 4.90 Å². The number of hydrogen-bond acceptors (Lipinski definition) is 4. The third kappa shape index (κ3) is 3.10. The second-order valence-corrected chi connectivity index (χ2v) is 7.45. The molecule has 3 rings (SSSR count). The van der Waals surface area contributed by atoms with E-state index in [0.29, 0.717) is 16.9 Å². The Morgan fingerprint density at radius 3 is 2.25 bits per heavy atom. The van der Waals surface area contributed by atoms with Crippen molar-refractivity contribution >= 4 is 26.0 Å². The van der Waals surface area contributed by atoms with Crippen LogP contribution in [0.4, 0.5) is 0 Å². The number of rotatable bonds is 3. The van der Waals surface area contributed by atoms with Crippen molar-refractivity contribution in [1.82, 2.24) is 9.78 Å². The highest BCUT2D eigenvalue weighted by atomic mass is 79.9. The minimum absolute atomic E-state index is 0.0177. The van der Waals surface area contributed by atoms with Crippen molar-refractivity contribution in [2.24, 2.45) is 5.14 Å². The van der Waals surface area contributed by atoms with Gasteiger partial charge in [0.25, 0.3) is 0 Å². The lowest BCUT2D eigenvalue weighted by molar-refractivity contribution is 0.598. The van der Waals surface area contributed by atoms with Gasteiger partial charge in [-0.3, -0.25) is 0 Å². The Kier molecular flexibility index (Phi) is 4.24. The predicted octanol–water partition coefficient (Wildman–Crippen LogP) is 2.82. The van der Waals surface area contributed by atoms with Gasteiger partial charge in [-0.25, -0.2) is 18.2 Å². The van der Waals surface area contributed by atoms with Gasteiger partial charge in [0.05, 0.1) is 28.0 Å². The molecule has 0 amide bonds. The van der Waals surface area contributed by atoms with Gasteiger partial charge in [-0.05, 0) is 36.4 Å². The van der Waals surface area contributed by atoms with Crippen LogP contribution in [0.3, 0.4) is 0 Å². The number of halogens is 1. The zero-order valence-corrected chi connectivity index (χ0v) is 14.6. The number of nitriles is 1. The van der Waals surface area contributed by atoms with Gasteiger partial charge < -0.3 is 0 Å². The van der Waals surface area contributed by atoms with E-state index in [1.807, 2.05) is 24.3 Å². The van der Waals surface area contributed by atoms with Gasteiger partial charge in [-0.2, -0.15) is 10.4 Å². The number of nitrogens with two attached hydrogens (primary N) is 1. The molecule has 0 saturated heterocycles. The average Bonchev–Trinajstić information content (AvgIpc) is 2.99. The SMILES string of the molecule is N#Cc1cnn(-c2ccc(S(N)(=O)=O)cc2)c1-c1ccc(Br)cc1. The van der Waals surface area contributed by atoms with Crippen LogP contribution in [0, 0.1) is 11.3 Å². The molecule has 6 nitrogen and oxygen atoms in total. The maximum absolute atomic E-state index is 11.4. The number of primary sulfonamides is 1. The molecule has 0 unspecified atom stereocenters. The van der Waals surface area contributed by atoms with Crippen LogP contribution >= 0.6 is 15.9 Å². The number of hydrogen-bond donors (Lipinski definition) is 1. The third-order valence-electron chi connectivity index (χ3n) is 3.42. The maximum atomic E-state index is 11.4. The summed E-state index contributed by atoms with van der Waals surface area (Å²) in [6.45, 7) is 0. The highest BCUT2D eigenvalue weighted by molar-refractivity contribution is 9.10. The van der Waals surface area contributed by atoms with E-state index in [1.54, 1.807) is 16.8 Å². The van der Waals surface area contributed by atoms with Crippen LogP contribution in [0.5, 0.6) is 0 Å². The van der Waals surface area contributed by atoms with Crippen LogP contribution in [0.1, 0.15) is 5.56 Å². The molecule has 0 aliphatic carbocycles. The smallest absolute Gasteiger partial charge is 0.232 e. The van der Waals surface area contributed by atoms with Crippen molar-refractivity contribution < 1.29 is 8.42 Å². The first-order valence-corrected chi connectivity index (χ1v) is 9.11. The van der Waals surface area contributed by atoms with E-state index in [0.717, 1.165) is 10.0 Å². The van der Waals surface area contributed by atoms with E-state index in [4.69, 9.17) is 5.14 Å². The summed E-state index contributed by atoms with van der Waals surface area (Å²) in [5, 5.41) is 18.7. The van der Waals surface area contributed by atoms with Crippen molar-refractivity contribution in [3.05, 3.63) is 64.8 Å². The highest BCUT2D eigenvalue weighted by Crippen LogP contribution is 2.27. The topological polar surface area (TPSA) is 102 Å². The lowest BCUT2D eigenvalue weighted by atomic mass is 10.1. The normalized spacial score (nSPS) is 11.2. The molecule has 120 valence electrons. The summed E-state index contributed by atoms with van der Waals surface area (Å²) in [6, 6.07) is 15.6. The molecule has 2 aromatic carbocycles. The average molecular weight is 403 g/mol. The van der Waals surface area contributed by atoms with E-state index in [1.165, 1.54) is 18.3 Å². The van der Waals surface area contributed by atoms with Crippen LogP contribution in [0.15, 0.2) is 64.1 Å². The monoisotopic (exact) mass is 402 g/mol. The summed E-state index contributed by atoms with van der Waals surface area (Å²) in [7, 11) is -3.76. The Balaban J connectivity index is 2.14. The van der Waals surface area contributed by atoms with Crippen LogP contribution in [0.2, 0.25) is 0 Å². The zero-order chi connectivity index (χ0) is 17.3. The Morgan fingerprint density at radius 2 is 1.71 bits per heavy atom. The first-order valence-electron chi connectivity index (χ1n) is 6.77. The Morgan fingerprint density at radius 1 is 1.08 bits per heavy atom. The number of sulfonamides is 1. The quantitative estimate of drug-likeness (QED) is 0.727. The molecule has 0 aliphatic heterocycles. The minimum Gasteiger partial charge on any atom is -0.232 e. The van der Waals surface area contributed by atoms with Gasteiger partial charge in [0.15, 0.2) is 0 Å². The van der Waals surface area contributed by atoms with Crippen LogP contribution in [0.25, 0.3) is 16.9 Å². The third-order valence-corrected chi connectivity index (χ3v) is 4.88. The fraction of sp³-hybridized carbons (Fsp3) is 0. The molecule has 8 heteroatoms. The fourth-order valence-electron chi connectivity index (χ4n) is 2.29. The fourth-order valence-corrected chi connectivity index (χ4v) is 3.07. The maximum Gasteiger partial charge on any atom is 0.238 e. The lowest BCUT2D eigenvalue weighted by Gasteiger charge is -2.09. The zero-order valence-electron chi connectivity index (χ0n) is 12.2. The largest absolute Gasteiger partial charge is 0.238 e. The van der Waals surface area contributed by atoms with E-state index >= 15 is 0 Å². The Bertz CT molecular complexity index is 1030. The first-order chi connectivity index (χ1) is 11.4. The standard InChI is InChI=1S/C16H11BrN4O2S/c17-13-3-1-11(2-4-13)16-12(9-18)10-20-21(16)14-5-7-15(8-6-14)24(19,22)23/h1-8,10H,(H2,19,22,23). The van der Waals surface area contributed by atoms with Crippen LogP contribution < -0.4 is 5.14 Å². The van der Waals surface area contributed by atoms with Crippen LogP contribution in [-0.4, -0.2) is 18.2 Å². The van der Waals surface area contributed by atoms with Gasteiger partial charge in [0.1, 0.15) is 6.07 Å². The molecule has 24 heavy (non-hydrogen) atoms. The van der Waals surface area contributed by atoms with E-state index in [2.05, 4.69) is 27.1 Å². The molecule has 1 heterocycles. The number of benzene rings is 2. The summed E-state index contributed by atoms with van der Waals surface area (Å²) in [6.07, 6.45) is 1.48. The van der Waals surface area contributed by atoms with E-state index in [9.17, 15) is 13.7 Å². The Labute approximate surface area is 147 Å². The molecule has 0 fully saturated rings. The summed E-state index contributed by atoms with van der Waals surface area (Å²) >= 11 is 3.38. The molecule has 0 atom stereocenters. The van der Waals surface area contributed by atoms with Crippen molar-refractivity contribution in [3.8, 4) is 23.0 Å². The molecule has 0 saturated carbocycles. The molecule has 0 aliphatic rings. The molecule has 0 radical (unpaired) electrons. The summed E-state index contributed by atoms with van der Waals surface area (Å²) < 4.78 is 25.2.